The molecule has 0 aromatic heterocycles. The lowest BCUT2D eigenvalue weighted by atomic mass is 10.0. The number of benzene rings is 2. The highest BCUT2D eigenvalue weighted by molar-refractivity contribution is 6.31. The number of carbonyl (C=O) groups excluding carboxylic acids is 1. The van der Waals surface area contributed by atoms with E-state index in [1.165, 1.54) is 6.07 Å². The van der Waals surface area contributed by atoms with Gasteiger partial charge in [0.05, 0.1) is 16.3 Å². The molecule has 0 saturated heterocycles. The van der Waals surface area contributed by atoms with E-state index in [-0.39, 0.29) is 23.5 Å². The average molecular weight is 429 g/mol. The number of hydrogen-bond acceptors (Lipinski definition) is 3. The third-order valence-corrected chi connectivity index (χ3v) is 4.68. The number of alkyl halides is 3. The van der Waals surface area contributed by atoms with Crippen LogP contribution in [0.1, 0.15) is 23.1 Å². The average Bonchev–Trinajstić information content (AvgIpc) is 2.66. The van der Waals surface area contributed by atoms with E-state index in [0.717, 1.165) is 17.7 Å². The highest BCUT2D eigenvalue weighted by atomic mass is 35.5. The van der Waals surface area contributed by atoms with Crippen LogP contribution in [0.2, 0.25) is 5.02 Å². The van der Waals surface area contributed by atoms with E-state index in [9.17, 15) is 22.8 Å². The molecule has 1 heterocycles. The molecule has 0 aliphatic carbocycles. The molecule has 1 aliphatic heterocycles. The number of carboxylic acid groups (broad SMARTS) is 1. The van der Waals surface area contributed by atoms with Crippen LogP contribution in [-0.4, -0.2) is 23.2 Å². The first kappa shape index (κ1) is 20.8. The van der Waals surface area contributed by atoms with E-state index in [2.05, 4.69) is 10.6 Å². The molecule has 1 unspecified atom stereocenters. The van der Waals surface area contributed by atoms with Gasteiger partial charge in [0.1, 0.15) is 5.75 Å². The van der Waals surface area contributed by atoms with E-state index in [0.29, 0.717) is 12.8 Å². The van der Waals surface area contributed by atoms with Crippen molar-refractivity contribution in [2.45, 2.75) is 31.7 Å². The van der Waals surface area contributed by atoms with Gasteiger partial charge in [0.15, 0.2) is 6.10 Å². The molecule has 1 aliphatic rings. The van der Waals surface area contributed by atoms with Gasteiger partial charge in [-0.2, -0.15) is 13.2 Å². The van der Waals surface area contributed by atoms with Gasteiger partial charge in [-0.05, 0) is 42.2 Å². The minimum absolute atomic E-state index is 0.167. The molecule has 0 radical (unpaired) electrons. The lowest BCUT2D eigenvalue weighted by molar-refractivity contribution is -0.145. The van der Waals surface area contributed by atoms with Gasteiger partial charge in [0.2, 0.25) is 0 Å². The molecule has 10 heteroatoms. The maximum atomic E-state index is 12.9. The van der Waals surface area contributed by atoms with Crippen molar-refractivity contribution in [3.05, 3.63) is 58.1 Å². The normalized spacial score (nSPS) is 15.8. The van der Waals surface area contributed by atoms with Crippen molar-refractivity contribution in [1.82, 2.24) is 5.32 Å². The van der Waals surface area contributed by atoms with Crippen molar-refractivity contribution >= 4 is 29.3 Å². The van der Waals surface area contributed by atoms with Gasteiger partial charge in [0, 0.05) is 6.54 Å². The molecule has 2 amide bonds. The molecule has 2 aromatic rings. The maximum Gasteiger partial charge on any atom is 0.417 e. The molecule has 6 nitrogen and oxygen atoms in total. The number of amides is 2. The Kier molecular flexibility index (Phi) is 5.88. The Hall–Kier alpha value is -2.94. The molecule has 0 saturated carbocycles. The molecule has 0 bridgehead atoms. The second-order valence-electron chi connectivity index (χ2n) is 6.40. The fourth-order valence-corrected chi connectivity index (χ4v) is 3.15. The first-order valence-electron chi connectivity index (χ1n) is 8.57. The molecular weight excluding hydrogens is 413 g/mol. The van der Waals surface area contributed by atoms with E-state index in [1.54, 1.807) is 18.2 Å². The second-order valence-corrected chi connectivity index (χ2v) is 6.80. The lowest BCUT2D eigenvalue weighted by Gasteiger charge is -2.25. The zero-order chi connectivity index (χ0) is 21.2. The van der Waals surface area contributed by atoms with Crippen LogP contribution >= 0.6 is 11.6 Å². The number of fused-ring (bicyclic) bond motifs is 1. The zero-order valence-electron chi connectivity index (χ0n) is 14.8. The number of aliphatic carboxylic acids is 1. The summed E-state index contributed by atoms with van der Waals surface area (Å²) in [5.74, 6) is -0.828. The highest BCUT2D eigenvalue weighted by Gasteiger charge is 2.33. The van der Waals surface area contributed by atoms with Crippen LogP contribution in [0.25, 0.3) is 0 Å². The number of para-hydroxylation sites is 1. The molecular formula is C19H16ClF3N2O4. The number of carboxylic acids is 1. The van der Waals surface area contributed by atoms with Crippen molar-refractivity contribution in [2.24, 2.45) is 0 Å². The van der Waals surface area contributed by atoms with Crippen molar-refractivity contribution in [2.75, 3.05) is 5.32 Å². The molecule has 2 aromatic carbocycles. The predicted molar refractivity (Wildman–Crippen MR) is 99.1 cm³/mol. The number of urea groups is 1. The summed E-state index contributed by atoms with van der Waals surface area (Å²) < 4.78 is 44.2. The number of halogens is 4. The summed E-state index contributed by atoms with van der Waals surface area (Å²) in [5.41, 5.74) is 0.268. The number of hydrogen-bond donors (Lipinski definition) is 3. The van der Waals surface area contributed by atoms with Crippen molar-refractivity contribution in [3.8, 4) is 5.75 Å². The Balaban J connectivity index is 1.68. The van der Waals surface area contributed by atoms with Crippen molar-refractivity contribution in [3.63, 3.8) is 0 Å². The Morgan fingerprint density at radius 3 is 2.69 bits per heavy atom. The van der Waals surface area contributed by atoms with Gasteiger partial charge in [0.25, 0.3) is 0 Å². The van der Waals surface area contributed by atoms with E-state index < -0.39 is 34.9 Å². The minimum atomic E-state index is -4.60. The van der Waals surface area contributed by atoms with Crippen LogP contribution < -0.4 is 15.4 Å². The van der Waals surface area contributed by atoms with Gasteiger partial charge in [-0.3, -0.25) is 0 Å². The standard InChI is InChI=1S/C19H16ClF3N2O4/c20-13-6-4-10(8-12(13)19(21,22)23)9-24-18(28)25-14-3-1-2-11-5-7-15(17(26)27)29-16(11)14/h1-4,6,8,15H,5,7,9H2,(H,26,27)(H2,24,25,28). The minimum Gasteiger partial charge on any atom is -0.479 e. The molecule has 154 valence electrons. The van der Waals surface area contributed by atoms with Crippen LogP contribution in [0.15, 0.2) is 36.4 Å². The smallest absolute Gasteiger partial charge is 0.417 e. The predicted octanol–water partition coefficient (Wildman–Crippen LogP) is 4.46. The Morgan fingerprint density at radius 1 is 1.24 bits per heavy atom. The summed E-state index contributed by atoms with van der Waals surface area (Å²) in [4.78, 5) is 23.4. The summed E-state index contributed by atoms with van der Waals surface area (Å²) in [6, 6.07) is 7.69. The summed E-state index contributed by atoms with van der Waals surface area (Å²) >= 11 is 5.58. The zero-order valence-corrected chi connectivity index (χ0v) is 15.6. The third kappa shape index (κ3) is 4.92. The summed E-state index contributed by atoms with van der Waals surface area (Å²) in [5, 5.41) is 13.7. The van der Waals surface area contributed by atoms with Crippen LogP contribution in [-0.2, 0) is 23.9 Å². The Labute approximate surface area is 168 Å². The van der Waals surface area contributed by atoms with Gasteiger partial charge < -0.3 is 20.5 Å². The quantitative estimate of drug-likeness (QED) is 0.671. The molecule has 0 fully saturated rings. The van der Waals surface area contributed by atoms with E-state index >= 15 is 0 Å². The first-order valence-corrected chi connectivity index (χ1v) is 8.95. The van der Waals surface area contributed by atoms with Gasteiger partial charge in [-0.15, -0.1) is 0 Å². The number of carbonyl (C=O) groups is 2. The number of ether oxygens (including phenoxy) is 1. The van der Waals surface area contributed by atoms with Crippen molar-refractivity contribution in [1.29, 1.82) is 0 Å². The number of nitrogens with one attached hydrogen (secondary N) is 2. The SMILES string of the molecule is O=C(NCc1ccc(Cl)c(C(F)(F)F)c1)Nc1cccc2c1OC(C(=O)O)CC2. The van der Waals surface area contributed by atoms with Gasteiger partial charge >= 0.3 is 18.2 Å². The van der Waals surface area contributed by atoms with Gasteiger partial charge in [-0.1, -0.05) is 29.8 Å². The molecule has 0 spiro atoms. The Morgan fingerprint density at radius 2 is 2.00 bits per heavy atom. The summed E-state index contributed by atoms with van der Waals surface area (Å²) in [7, 11) is 0. The molecule has 3 rings (SSSR count). The monoisotopic (exact) mass is 428 g/mol. The fraction of sp³-hybridized carbons (Fsp3) is 0.263. The number of rotatable bonds is 4. The number of anilines is 1. The third-order valence-electron chi connectivity index (χ3n) is 4.35. The molecule has 29 heavy (non-hydrogen) atoms. The van der Waals surface area contributed by atoms with Crippen molar-refractivity contribution < 1.29 is 32.6 Å². The lowest BCUT2D eigenvalue weighted by Crippen LogP contribution is -2.32. The largest absolute Gasteiger partial charge is 0.479 e. The Bertz CT molecular complexity index is 950. The highest BCUT2D eigenvalue weighted by Crippen LogP contribution is 2.36. The van der Waals surface area contributed by atoms with E-state index in [4.69, 9.17) is 21.4 Å². The van der Waals surface area contributed by atoms with E-state index in [1.807, 2.05) is 0 Å². The van der Waals surface area contributed by atoms with Crippen LogP contribution in [0.4, 0.5) is 23.7 Å². The number of aryl methyl sites for hydroxylation is 1. The second kappa shape index (κ2) is 8.20. The first-order chi connectivity index (χ1) is 13.6. The van der Waals surface area contributed by atoms with Crippen LogP contribution in [0.3, 0.4) is 0 Å². The van der Waals surface area contributed by atoms with Gasteiger partial charge in [-0.25, -0.2) is 9.59 Å². The van der Waals surface area contributed by atoms with Crippen LogP contribution in [0, 0.1) is 0 Å². The van der Waals surface area contributed by atoms with Crippen LogP contribution in [0.5, 0.6) is 5.75 Å². The topological polar surface area (TPSA) is 87.7 Å². The summed E-state index contributed by atoms with van der Waals surface area (Å²) in [6.07, 6.45) is -4.82. The maximum absolute atomic E-state index is 12.9. The molecule has 1 atom stereocenters. The fourth-order valence-electron chi connectivity index (χ4n) is 2.93. The summed E-state index contributed by atoms with van der Waals surface area (Å²) in [6.45, 7) is -0.167. The molecule has 3 N–H and O–H groups in total.